The van der Waals surface area contributed by atoms with Crippen LogP contribution < -0.4 is 10.1 Å². The van der Waals surface area contributed by atoms with Crippen molar-refractivity contribution in [1.82, 2.24) is 5.32 Å². The van der Waals surface area contributed by atoms with E-state index < -0.39 is 0 Å². The fourth-order valence-corrected chi connectivity index (χ4v) is 1.85. The molecule has 1 rings (SSSR count). The smallest absolute Gasteiger partial charge is 0.234 e. The Balaban J connectivity index is 2.69. The lowest BCUT2D eigenvalue weighted by molar-refractivity contribution is -0.121. The van der Waals surface area contributed by atoms with E-state index in [1.165, 1.54) is 0 Å². The molecular weight excluding hydrogens is 306 g/mol. The molecular formula is C15H22BrNO2. The monoisotopic (exact) mass is 327 g/mol. The maximum atomic E-state index is 12.0. The summed E-state index contributed by atoms with van der Waals surface area (Å²) >= 11 is 3.41. The van der Waals surface area contributed by atoms with Gasteiger partial charge in [0.25, 0.3) is 0 Å². The highest BCUT2D eigenvalue weighted by Gasteiger charge is 2.20. The Morgan fingerprint density at radius 2 is 2.05 bits per heavy atom. The van der Waals surface area contributed by atoms with E-state index in [1.807, 2.05) is 52.0 Å². The number of hydrogen-bond acceptors (Lipinski definition) is 2. The molecule has 0 heterocycles. The second-order valence-corrected chi connectivity index (χ2v) is 5.87. The predicted octanol–water partition coefficient (Wildman–Crippen LogP) is 3.68. The van der Waals surface area contributed by atoms with Crippen LogP contribution in [0.1, 0.15) is 39.3 Å². The largest absolute Gasteiger partial charge is 0.494 e. The summed E-state index contributed by atoms with van der Waals surface area (Å²) in [5.41, 5.74) is 1.04. The van der Waals surface area contributed by atoms with Crippen molar-refractivity contribution in [1.29, 1.82) is 0 Å². The Kier molecular flexibility index (Phi) is 6.35. The molecule has 0 fully saturated rings. The highest BCUT2D eigenvalue weighted by atomic mass is 79.9. The average molecular weight is 328 g/mol. The summed E-state index contributed by atoms with van der Waals surface area (Å²) in [5.74, 6) is 1.12. The Labute approximate surface area is 123 Å². The molecule has 1 aromatic carbocycles. The van der Waals surface area contributed by atoms with Gasteiger partial charge in [0.15, 0.2) is 0 Å². The third kappa shape index (κ3) is 4.86. The molecule has 1 N–H and O–H groups in total. The van der Waals surface area contributed by atoms with Crippen LogP contribution in [-0.4, -0.2) is 17.3 Å². The Hall–Kier alpha value is -1.03. The van der Waals surface area contributed by atoms with E-state index in [9.17, 15) is 4.79 Å². The van der Waals surface area contributed by atoms with Crippen LogP contribution in [0.2, 0.25) is 0 Å². The Morgan fingerprint density at radius 3 is 2.63 bits per heavy atom. The van der Waals surface area contributed by atoms with Gasteiger partial charge in [0.1, 0.15) is 5.75 Å². The Bertz CT molecular complexity index is 420. The van der Waals surface area contributed by atoms with Gasteiger partial charge >= 0.3 is 0 Å². The van der Waals surface area contributed by atoms with E-state index in [0.717, 1.165) is 11.3 Å². The molecule has 1 amide bonds. The lowest BCUT2D eigenvalue weighted by Crippen LogP contribution is -2.35. The quantitative estimate of drug-likeness (QED) is 0.809. The summed E-state index contributed by atoms with van der Waals surface area (Å²) in [7, 11) is 0. The van der Waals surface area contributed by atoms with E-state index in [0.29, 0.717) is 6.61 Å². The molecule has 0 aromatic heterocycles. The van der Waals surface area contributed by atoms with Crippen molar-refractivity contribution in [3.8, 4) is 5.75 Å². The molecule has 0 aliphatic rings. The molecule has 4 heteroatoms. The maximum Gasteiger partial charge on any atom is 0.234 e. The normalized spacial score (nSPS) is 14.0. The molecule has 2 atom stereocenters. The summed E-state index contributed by atoms with van der Waals surface area (Å²) in [4.78, 5) is 11.8. The summed E-state index contributed by atoms with van der Waals surface area (Å²) in [5, 5.41) is 3.01. The van der Waals surface area contributed by atoms with E-state index >= 15 is 0 Å². The molecule has 0 spiro atoms. The molecule has 0 unspecified atom stereocenters. The zero-order chi connectivity index (χ0) is 14.4. The molecule has 0 saturated heterocycles. The molecule has 0 aliphatic heterocycles. The van der Waals surface area contributed by atoms with Gasteiger partial charge in [0, 0.05) is 0 Å². The van der Waals surface area contributed by atoms with Crippen molar-refractivity contribution in [2.75, 3.05) is 6.61 Å². The first-order valence-electron chi connectivity index (χ1n) is 6.63. The summed E-state index contributed by atoms with van der Waals surface area (Å²) in [6.07, 6.45) is 0. The molecule has 0 bridgehead atoms. The van der Waals surface area contributed by atoms with Gasteiger partial charge < -0.3 is 10.1 Å². The number of rotatable bonds is 6. The van der Waals surface area contributed by atoms with E-state index in [4.69, 9.17) is 4.74 Å². The summed E-state index contributed by atoms with van der Waals surface area (Å²) in [6, 6.07) is 7.78. The number of benzene rings is 1. The SMILES string of the molecule is CCOc1cccc([C@H](C)NC(=O)[C@H](Br)C(C)C)c1. The highest BCUT2D eigenvalue weighted by molar-refractivity contribution is 9.10. The first-order chi connectivity index (χ1) is 8.95. The van der Waals surface area contributed by atoms with Gasteiger partial charge in [-0.3, -0.25) is 4.79 Å². The van der Waals surface area contributed by atoms with Gasteiger partial charge in [-0.15, -0.1) is 0 Å². The molecule has 106 valence electrons. The number of amides is 1. The van der Waals surface area contributed by atoms with Crippen LogP contribution in [0.4, 0.5) is 0 Å². The molecule has 0 saturated carbocycles. The maximum absolute atomic E-state index is 12.0. The molecule has 0 aliphatic carbocycles. The minimum atomic E-state index is -0.162. The van der Waals surface area contributed by atoms with Crippen molar-refractivity contribution in [3.05, 3.63) is 29.8 Å². The first-order valence-corrected chi connectivity index (χ1v) is 7.54. The lowest BCUT2D eigenvalue weighted by Gasteiger charge is -2.19. The van der Waals surface area contributed by atoms with E-state index in [-0.39, 0.29) is 22.7 Å². The number of ether oxygens (including phenoxy) is 1. The van der Waals surface area contributed by atoms with Gasteiger partial charge in [0.2, 0.25) is 5.91 Å². The molecule has 1 aromatic rings. The number of carbonyl (C=O) groups excluding carboxylic acids is 1. The molecule has 19 heavy (non-hydrogen) atoms. The Morgan fingerprint density at radius 1 is 1.37 bits per heavy atom. The fourth-order valence-electron chi connectivity index (χ4n) is 1.72. The van der Waals surface area contributed by atoms with Crippen LogP contribution in [0, 0.1) is 5.92 Å². The zero-order valence-corrected chi connectivity index (χ0v) is 13.5. The minimum absolute atomic E-state index is 0.0179. The van der Waals surface area contributed by atoms with Crippen LogP contribution in [-0.2, 0) is 4.79 Å². The highest BCUT2D eigenvalue weighted by Crippen LogP contribution is 2.20. The van der Waals surface area contributed by atoms with Gasteiger partial charge in [0.05, 0.1) is 17.5 Å². The van der Waals surface area contributed by atoms with Crippen LogP contribution in [0.5, 0.6) is 5.75 Å². The number of alkyl halides is 1. The number of halogens is 1. The third-order valence-corrected chi connectivity index (χ3v) is 4.34. The fraction of sp³-hybridized carbons (Fsp3) is 0.533. The van der Waals surface area contributed by atoms with Crippen LogP contribution in [0.3, 0.4) is 0 Å². The minimum Gasteiger partial charge on any atom is -0.494 e. The zero-order valence-electron chi connectivity index (χ0n) is 11.9. The lowest BCUT2D eigenvalue weighted by atomic mass is 10.1. The van der Waals surface area contributed by atoms with Crippen molar-refractivity contribution in [3.63, 3.8) is 0 Å². The summed E-state index contributed by atoms with van der Waals surface area (Å²) < 4.78 is 5.47. The molecule has 3 nitrogen and oxygen atoms in total. The van der Waals surface area contributed by atoms with Gasteiger partial charge in [-0.1, -0.05) is 41.9 Å². The van der Waals surface area contributed by atoms with E-state index in [2.05, 4.69) is 21.2 Å². The summed E-state index contributed by atoms with van der Waals surface area (Å²) in [6.45, 7) is 8.60. The topological polar surface area (TPSA) is 38.3 Å². The van der Waals surface area contributed by atoms with Crippen LogP contribution in [0.25, 0.3) is 0 Å². The van der Waals surface area contributed by atoms with Gasteiger partial charge in [-0.2, -0.15) is 0 Å². The second-order valence-electron chi connectivity index (χ2n) is 4.88. The molecule has 0 radical (unpaired) electrons. The number of carbonyl (C=O) groups is 1. The third-order valence-electron chi connectivity index (χ3n) is 2.86. The van der Waals surface area contributed by atoms with Crippen molar-refractivity contribution >= 4 is 21.8 Å². The predicted molar refractivity (Wildman–Crippen MR) is 81.7 cm³/mol. The van der Waals surface area contributed by atoms with Crippen LogP contribution >= 0.6 is 15.9 Å². The van der Waals surface area contributed by atoms with Crippen molar-refractivity contribution in [2.24, 2.45) is 5.92 Å². The first kappa shape index (κ1) is 16.0. The van der Waals surface area contributed by atoms with Crippen molar-refractivity contribution < 1.29 is 9.53 Å². The van der Waals surface area contributed by atoms with E-state index in [1.54, 1.807) is 0 Å². The van der Waals surface area contributed by atoms with Gasteiger partial charge in [-0.25, -0.2) is 0 Å². The standard InChI is InChI=1S/C15H22BrNO2/c1-5-19-13-8-6-7-12(9-13)11(4)17-15(18)14(16)10(2)3/h6-11,14H,5H2,1-4H3,(H,17,18)/t11-,14+/m0/s1. The van der Waals surface area contributed by atoms with Crippen LogP contribution in [0.15, 0.2) is 24.3 Å². The van der Waals surface area contributed by atoms with Crippen molar-refractivity contribution in [2.45, 2.75) is 38.6 Å². The number of hydrogen-bond donors (Lipinski definition) is 1. The second kappa shape index (κ2) is 7.53. The number of nitrogens with one attached hydrogen (secondary N) is 1. The average Bonchev–Trinajstić information content (AvgIpc) is 2.38. The van der Waals surface area contributed by atoms with Gasteiger partial charge in [-0.05, 0) is 37.5 Å².